The molecule has 92 valence electrons. The Balaban J connectivity index is 2.37. The molecule has 0 saturated carbocycles. The Morgan fingerprint density at radius 3 is 2.76 bits per heavy atom. The van der Waals surface area contributed by atoms with Crippen molar-refractivity contribution in [3.05, 3.63) is 33.8 Å². The average Bonchev–Trinajstić information content (AvgIpc) is 2.69. The summed E-state index contributed by atoms with van der Waals surface area (Å²) in [5, 5.41) is 0. The van der Waals surface area contributed by atoms with Crippen molar-refractivity contribution < 1.29 is 13.6 Å². The number of carbonyl (C=O) groups excluding carboxylic acids is 1. The lowest BCUT2D eigenvalue weighted by molar-refractivity contribution is 0.0741. The standard InChI is InChI=1S/C12H12BrF2NO/c1-7-3-2-4-16(7)12(17)9-5-8(13)6-10(14)11(9)15/h5-7H,2-4H2,1H3. The maximum absolute atomic E-state index is 13.6. The molecule has 1 fully saturated rings. The van der Waals surface area contributed by atoms with Gasteiger partial charge in [0.25, 0.3) is 5.91 Å². The molecule has 1 aromatic carbocycles. The van der Waals surface area contributed by atoms with Crippen molar-refractivity contribution in [2.45, 2.75) is 25.8 Å². The molecular weight excluding hydrogens is 292 g/mol. The normalized spacial score (nSPS) is 19.8. The Morgan fingerprint density at radius 2 is 2.18 bits per heavy atom. The summed E-state index contributed by atoms with van der Waals surface area (Å²) in [4.78, 5) is 13.7. The van der Waals surface area contributed by atoms with E-state index in [2.05, 4.69) is 15.9 Å². The Morgan fingerprint density at radius 1 is 1.47 bits per heavy atom. The molecule has 0 radical (unpaired) electrons. The molecule has 1 unspecified atom stereocenters. The van der Waals surface area contributed by atoms with Gasteiger partial charge >= 0.3 is 0 Å². The van der Waals surface area contributed by atoms with Crippen molar-refractivity contribution in [2.75, 3.05) is 6.54 Å². The first-order valence-electron chi connectivity index (χ1n) is 5.46. The van der Waals surface area contributed by atoms with Crippen LogP contribution in [0.25, 0.3) is 0 Å². The SMILES string of the molecule is CC1CCCN1C(=O)c1cc(Br)cc(F)c1F. The molecular formula is C12H12BrF2NO. The fraction of sp³-hybridized carbons (Fsp3) is 0.417. The quantitative estimate of drug-likeness (QED) is 0.729. The Kier molecular flexibility index (Phi) is 3.47. The number of benzene rings is 1. The minimum absolute atomic E-state index is 0.0870. The summed E-state index contributed by atoms with van der Waals surface area (Å²) in [6, 6.07) is 2.43. The van der Waals surface area contributed by atoms with Crippen LogP contribution in [0.2, 0.25) is 0 Å². The van der Waals surface area contributed by atoms with Crippen LogP contribution in [-0.2, 0) is 0 Å². The largest absolute Gasteiger partial charge is 0.336 e. The van der Waals surface area contributed by atoms with E-state index in [-0.39, 0.29) is 11.6 Å². The second kappa shape index (κ2) is 4.72. The molecule has 1 saturated heterocycles. The molecule has 2 rings (SSSR count). The third kappa shape index (κ3) is 2.34. The second-order valence-electron chi connectivity index (χ2n) is 4.24. The van der Waals surface area contributed by atoms with E-state index in [1.54, 1.807) is 4.90 Å². The monoisotopic (exact) mass is 303 g/mol. The third-order valence-electron chi connectivity index (χ3n) is 3.04. The Labute approximate surface area is 107 Å². The molecule has 1 heterocycles. The minimum Gasteiger partial charge on any atom is -0.336 e. The lowest BCUT2D eigenvalue weighted by Gasteiger charge is -2.21. The van der Waals surface area contributed by atoms with E-state index in [0.29, 0.717) is 11.0 Å². The van der Waals surface area contributed by atoms with Gasteiger partial charge in [0.1, 0.15) is 0 Å². The van der Waals surface area contributed by atoms with Crippen molar-refractivity contribution in [1.29, 1.82) is 0 Å². The van der Waals surface area contributed by atoms with Gasteiger partial charge in [-0.2, -0.15) is 0 Å². The summed E-state index contributed by atoms with van der Waals surface area (Å²) in [5.41, 5.74) is -0.203. The highest BCUT2D eigenvalue weighted by atomic mass is 79.9. The van der Waals surface area contributed by atoms with Crippen molar-refractivity contribution in [3.63, 3.8) is 0 Å². The van der Waals surface area contributed by atoms with Gasteiger partial charge in [-0.15, -0.1) is 0 Å². The van der Waals surface area contributed by atoms with Crippen LogP contribution in [0.3, 0.4) is 0 Å². The average molecular weight is 304 g/mol. The van der Waals surface area contributed by atoms with E-state index in [1.807, 2.05) is 6.92 Å². The second-order valence-corrected chi connectivity index (χ2v) is 5.15. The zero-order valence-electron chi connectivity index (χ0n) is 9.34. The molecule has 5 heteroatoms. The van der Waals surface area contributed by atoms with Crippen LogP contribution in [0.1, 0.15) is 30.1 Å². The number of amides is 1. The summed E-state index contributed by atoms with van der Waals surface area (Å²) < 4.78 is 27.1. The number of hydrogen-bond donors (Lipinski definition) is 0. The summed E-state index contributed by atoms with van der Waals surface area (Å²) in [7, 11) is 0. The molecule has 0 bridgehead atoms. The minimum atomic E-state index is -1.07. The molecule has 1 aliphatic rings. The topological polar surface area (TPSA) is 20.3 Å². The Bertz CT molecular complexity index is 464. The van der Waals surface area contributed by atoms with Gasteiger partial charge in [0.05, 0.1) is 5.56 Å². The fourth-order valence-electron chi connectivity index (χ4n) is 2.10. The lowest BCUT2D eigenvalue weighted by Crippen LogP contribution is -2.34. The van der Waals surface area contributed by atoms with E-state index in [9.17, 15) is 13.6 Å². The fourth-order valence-corrected chi connectivity index (χ4v) is 2.53. The van der Waals surface area contributed by atoms with Crippen LogP contribution in [0.4, 0.5) is 8.78 Å². The zero-order chi connectivity index (χ0) is 12.6. The highest BCUT2D eigenvalue weighted by Crippen LogP contribution is 2.24. The number of hydrogen-bond acceptors (Lipinski definition) is 1. The summed E-state index contributed by atoms with van der Waals surface area (Å²) in [6.45, 7) is 2.52. The third-order valence-corrected chi connectivity index (χ3v) is 3.50. The van der Waals surface area contributed by atoms with Gasteiger partial charge in [-0.25, -0.2) is 8.78 Å². The van der Waals surface area contributed by atoms with Crippen LogP contribution in [-0.4, -0.2) is 23.4 Å². The first kappa shape index (κ1) is 12.5. The van der Waals surface area contributed by atoms with Crippen LogP contribution >= 0.6 is 15.9 Å². The molecule has 0 spiro atoms. The van der Waals surface area contributed by atoms with Crippen LogP contribution < -0.4 is 0 Å². The summed E-state index contributed by atoms with van der Waals surface area (Å²) in [5.74, 6) is -2.51. The van der Waals surface area contributed by atoms with Gasteiger partial charge in [-0.05, 0) is 31.9 Å². The molecule has 1 aromatic rings. The van der Waals surface area contributed by atoms with Gasteiger partial charge < -0.3 is 4.90 Å². The Hall–Kier alpha value is -0.970. The number of rotatable bonds is 1. The van der Waals surface area contributed by atoms with E-state index in [1.165, 1.54) is 6.07 Å². The highest BCUT2D eigenvalue weighted by molar-refractivity contribution is 9.10. The smallest absolute Gasteiger partial charge is 0.257 e. The summed E-state index contributed by atoms with van der Waals surface area (Å²) >= 11 is 3.06. The van der Waals surface area contributed by atoms with Crippen molar-refractivity contribution in [3.8, 4) is 0 Å². The molecule has 17 heavy (non-hydrogen) atoms. The highest BCUT2D eigenvalue weighted by Gasteiger charge is 2.28. The van der Waals surface area contributed by atoms with E-state index >= 15 is 0 Å². The van der Waals surface area contributed by atoms with Gasteiger partial charge in [0.2, 0.25) is 0 Å². The van der Waals surface area contributed by atoms with E-state index < -0.39 is 17.5 Å². The molecule has 0 aliphatic carbocycles. The maximum Gasteiger partial charge on any atom is 0.257 e. The number of halogens is 3. The van der Waals surface area contributed by atoms with Crippen LogP contribution in [0.5, 0.6) is 0 Å². The molecule has 1 atom stereocenters. The predicted molar refractivity (Wildman–Crippen MR) is 63.8 cm³/mol. The molecule has 0 aromatic heterocycles. The van der Waals surface area contributed by atoms with Crippen molar-refractivity contribution >= 4 is 21.8 Å². The summed E-state index contributed by atoms with van der Waals surface area (Å²) in [6.07, 6.45) is 1.81. The zero-order valence-corrected chi connectivity index (χ0v) is 10.9. The van der Waals surface area contributed by atoms with Gasteiger partial charge in [-0.3, -0.25) is 4.79 Å². The maximum atomic E-state index is 13.6. The number of carbonyl (C=O) groups is 1. The molecule has 2 nitrogen and oxygen atoms in total. The lowest BCUT2D eigenvalue weighted by atomic mass is 10.1. The van der Waals surface area contributed by atoms with Gasteiger partial charge in [0, 0.05) is 17.1 Å². The van der Waals surface area contributed by atoms with Crippen LogP contribution in [0.15, 0.2) is 16.6 Å². The van der Waals surface area contributed by atoms with E-state index in [4.69, 9.17) is 0 Å². The number of likely N-dealkylation sites (tertiary alicyclic amines) is 1. The predicted octanol–water partition coefficient (Wildman–Crippen LogP) is 3.35. The van der Waals surface area contributed by atoms with Crippen molar-refractivity contribution in [1.82, 2.24) is 4.90 Å². The first-order chi connectivity index (χ1) is 8.00. The molecule has 1 amide bonds. The van der Waals surface area contributed by atoms with E-state index in [0.717, 1.165) is 18.9 Å². The van der Waals surface area contributed by atoms with Crippen molar-refractivity contribution in [2.24, 2.45) is 0 Å². The molecule has 0 N–H and O–H groups in total. The molecule has 1 aliphatic heterocycles. The van der Waals surface area contributed by atoms with Gasteiger partial charge in [-0.1, -0.05) is 15.9 Å². The first-order valence-corrected chi connectivity index (χ1v) is 6.25. The van der Waals surface area contributed by atoms with Crippen LogP contribution in [0, 0.1) is 11.6 Å². The van der Waals surface area contributed by atoms with Gasteiger partial charge in [0.15, 0.2) is 11.6 Å². The number of nitrogens with zero attached hydrogens (tertiary/aromatic N) is 1.